The van der Waals surface area contributed by atoms with Crippen molar-refractivity contribution in [3.63, 3.8) is 0 Å². The van der Waals surface area contributed by atoms with Crippen LogP contribution in [-0.2, 0) is 0 Å². The van der Waals surface area contributed by atoms with E-state index in [1.165, 1.54) is 11.3 Å². The number of anilines is 1. The quantitative estimate of drug-likeness (QED) is 0.885. The van der Waals surface area contributed by atoms with Crippen molar-refractivity contribution in [3.8, 4) is 0 Å². The molecular formula is C11H15N5O2S. The van der Waals surface area contributed by atoms with E-state index in [9.17, 15) is 4.79 Å². The van der Waals surface area contributed by atoms with Gasteiger partial charge in [-0.25, -0.2) is 0 Å². The van der Waals surface area contributed by atoms with E-state index in [0.29, 0.717) is 15.9 Å². The molecule has 0 saturated heterocycles. The number of carbonyl (C=O) groups is 1. The molecule has 102 valence electrons. The minimum absolute atomic E-state index is 0.194. The third-order valence-electron chi connectivity index (χ3n) is 2.70. The van der Waals surface area contributed by atoms with Gasteiger partial charge >= 0.3 is 0 Å². The van der Waals surface area contributed by atoms with Crippen LogP contribution >= 0.6 is 11.3 Å². The molecule has 0 aliphatic carbocycles. The van der Waals surface area contributed by atoms with Crippen LogP contribution in [0.15, 0.2) is 4.52 Å². The van der Waals surface area contributed by atoms with Gasteiger partial charge in [-0.05, 0) is 20.8 Å². The predicted octanol–water partition coefficient (Wildman–Crippen LogP) is 1.68. The fourth-order valence-electron chi connectivity index (χ4n) is 1.85. The highest BCUT2D eigenvalue weighted by Crippen LogP contribution is 2.22. The summed E-state index contributed by atoms with van der Waals surface area (Å²) >= 11 is 1.20. The van der Waals surface area contributed by atoms with Crippen LogP contribution < -0.4 is 10.6 Å². The molecule has 7 nitrogen and oxygen atoms in total. The lowest BCUT2D eigenvalue weighted by Crippen LogP contribution is -2.27. The Balaban J connectivity index is 2.10. The molecule has 0 aliphatic rings. The summed E-state index contributed by atoms with van der Waals surface area (Å²) in [6.07, 6.45) is 0. The Morgan fingerprint density at radius 1 is 1.37 bits per heavy atom. The molecule has 2 aromatic heterocycles. The molecule has 0 radical (unpaired) electrons. The minimum atomic E-state index is -0.258. The summed E-state index contributed by atoms with van der Waals surface area (Å²) in [5.41, 5.74) is 1.67. The number of aryl methyl sites for hydroxylation is 2. The van der Waals surface area contributed by atoms with Crippen LogP contribution in [-0.4, -0.2) is 28.3 Å². The summed E-state index contributed by atoms with van der Waals surface area (Å²) < 4.78 is 5.09. The first-order valence-electron chi connectivity index (χ1n) is 5.77. The Kier molecular flexibility index (Phi) is 3.79. The van der Waals surface area contributed by atoms with Crippen molar-refractivity contribution in [1.29, 1.82) is 0 Å². The van der Waals surface area contributed by atoms with Gasteiger partial charge in [0.15, 0.2) is 0 Å². The second kappa shape index (κ2) is 5.35. The molecular weight excluding hydrogens is 266 g/mol. The van der Waals surface area contributed by atoms with Gasteiger partial charge in [0.05, 0.1) is 11.7 Å². The van der Waals surface area contributed by atoms with Crippen molar-refractivity contribution in [2.45, 2.75) is 26.8 Å². The zero-order chi connectivity index (χ0) is 14.0. The summed E-state index contributed by atoms with van der Waals surface area (Å²) in [7, 11) is 1.73. The topological polar surface area (TPSA) is 92.9 Å². The summed E-state index contributed by atoms with van der Waals surface area (Å²) in [6.45, 7) is 5.55. The molecule has 2 N–H and O–H groups in total. The van der Waals surface area contributed by atoms with E-state index in [0.717, 1.165) is 11.3 Å². The molecule has 1 amide bonds. The maximum atomic E-state index is 12.0. The van der Waals surface area contributed by atoms with Gasteiger partial charge in [-0.3, -0.25) is 4.79 Å². The smallest absolute Gasteiger partial charge is 0.282 e. The number of aromatic nitrogens is 3. The van der Waals surface area contributed by atoms with Gasteiger partial charge < -0.3 is 15.2 Å². The summed E-state index contributed by atoms with van der Waals surface area (Å²) in [5, 5.41) is 18.1. The van der Waals surface area contributed by atoms with Crippen LogP contribution in [0.3, 0.4) is 0 Å². The summed E-state index contributed by atoms with van der Waals surface area (Å²) in [5.74, 6) is 0.449. The summed E-state index contributed by atoms with van der Waals surface area (Å²) in [4.78, 5) is 12.0. The Hall–Kier alpha value is -1.96. The zero-order valence-electron chi connectivity index (χ0n) is 11.1. The minimum Gasteiger partial charge on any atom is -0.363 e. The Morgan fingerprint density at radius 2 is 2.11 bits per heavy atom. The van der Waals surface area contributed by atoms with E-state index in [-0.39, 0.29) is 11.9 Å². The average molecular weight is 281 g/mol. The third kappa shape index (κ3) is 2.73. The first kappa shape index (κ1) is 13.5. The number of hydrogen-bond acceptors (Lipinski definition) is 7. The molecule has 2 aromatic rings. The van der Waals surface area contributed by atoms with E-state index in [4.69, 9.17) is 4.52 Å². The fourth-order valence-corrected chi connectivity index (χ4v) is 2.45. The van der Waals surface area contributed by atoms with Crippen LogP contribution in [0, 0.1) is 13.8 Å². The molecule has 2 rings (SSSR count). The Bertz CT molecular complexity index is 572. The second-order valence-corrected chi connectivity index (χ2v) is 5.07. The van der Waals surface area contributed by atoms with Crippen LogP contribution in [0.1, 0.15) is 39.8 Å². The molecule has 0 saturated carbocycles. The Labute approximate surface area is 114 Å². The van der Waals surface area contributed by atoms with E-state index < -0.39 is 0 Å². The highest BCUT2D eigenvalue weighted by molar-refractivity contribution is 7.17. The lowest BCUT2D eigenvalue weighted by atomic mass is 10.1. The first-order valence-corrected chi connectivity index (χ1v) is 6.59. The largest absolute Gasteiger partial charge is 0.363 e. The van der Waals surface area contributed by atoms with Crippen LogP contribution in [0.5, 0.6) is 0 Å². The normalized spacial score (nSPS) is 12.2. The molecule has 0 fully saturated rings. The molecule has 8 heteroatoms. The molecule has 1 unspecified atom stereocenters. The molecule has 0 bridgehead atoms. The van der Waals surface area contributed by atoms with Gasteiger partial charge in [0.2, 0.25) is 10.1 Å². The summed E-state index contributed by atoms with van der Waals surface area (Å²) in [6, 6.07) is -0.194. The first-order chi connectivity index (χ1) is 9.02. The number of hydrogen-bond donors (Lipinski definition) is 2. The lowest BCUT2D eigenvalue weighted by Gasteiger charge is -2.12. The van der Waals surface area contributed by atoms with E-state index in [2.05, 4.69) is 26.0 Å². The number of nitrogens with one attached hydrogen (secondary N) is 2. The maximum absolute atomic E-state index is 12.0. The average Bonchev–Trinajstić information content (AvgIpc) is 2.96. The zero-order valence-corrected chi connectivity index (χ0v) is 12.0. The third-order valence-corrected chi connectivity index (χ3v) is 3.64. The second-order valence-electron chi connectivity index (χ2n) is 4.10. The van der Waals surface area contributed by atoms with E-state index in [1.54, 1.807) is 7.05 Å². The number of amides is 1. The fraction of sp³-hybridized carbons (Fsp3) is 0.455. The molecule has 0 aromatic carbocycles. The number of carbonyl (C=O) groups excluding carboxylic acids is 1. The van der Waals surface area contributed by atoms with Gasteiger partial charge in [-0.2, -0.15) is 0 Å². The van der Waals surface area contributed by atoms with Gasteiger partial charge in [0.1, 0.15) is 5.76 Å². The van der Waals surface area contributed by atoms with Crippen LogP contribution in [0.2, 0.25) is 0 Å². The molecule has 0 spiro atoms. The Morgan fingerprint density at radius 3 is 2.63 bits per heavy atom. The monoisotopic (exact) mass is 281 g/mol. The molecule has 0 aliphatic heterocycles. The van der Waals surface area contributed by atoms with Gasteiger partial charge in [0, 0.05) is 12.6 Å². The predicted molar refractivity (Wildman–Crippen MR) is 71.3 cm³/mol. The van der Waals surface area contributed by atoms with Crippen molar-refractivity contribution in [2.75, 3.05) is 12.4 Å². The number of rotatable bonds is 4. The maximum Gasteiger partial charge on any atom is 0.282 e. The van der Waals surface area contributed by atoms with Crippen molar-refractivity contribution < 1.29 is 9.32 Å². The van der Waals surface area contributed by atoms with Crippen LogP contribution in [0.4, 0.5) is 5.13 Å². The van der Waals surface area contributed by atoms with E-state index >= 15 is 0 Å². The van der Waals surface area contributed by atoms with Gasteiger partial charge in [0.25, 0.3) is 5.91 Å². The number of nitrogens with zero attached hydrogens (tertiary/aromatic N) is 3. The van der Waals surface area contributed by atoms with Crippen LogP contribution in [0.25, 0.3) is 0 Å². The SMILES string of the molecule is CNc1nnc(C(=O)NC(C)c2c(C)noc2C)s1. The standard InChI is InChI=1S/C11H15N5O2S/c1-5(8-6(2)16-18-7(8)3)13-9(17)10-14-15-11(12-4)19-10/h5H,1-4H3,(H,12,15)(H,13,17). The van der Waals surface area contributed by atoms with Crippen molar-refractivity contribution in [2.24, 2.45) is 0 Å². The lowest BCUT2D eigenvalue weighted by molar-refractivity contribution is 0.0938. The molecule has 2 heterocycles. The van der Waals surface area contributed by atoms with E-state index in [1.807, 2.05) is 20.8 Å². The van der Waals surface area contributed by atoms with Gasteiger partial charge in [-0.15, -0.1) is 10.2 Å². The highest BCUT2D eigenvalue weighted by Gasteiger charge is 2.20. The van der Waals surface area contributed by atoms with Crippen molar-refractivity contribution >= 4 is 22.4 Å². The molecule has 19 heavy (non-hydrogen) atoms. The highest BCUT2D eigenvalue weighted by atomic mass is 32.1. The van der Waals surface area contributed by atoms with Crippen molar-refractivity contribution in [1.82, 2.24) is 20.7 Å². The van der Waals surface area contributed by atoms with Gasteiger partial charge in [-0.1, -0.05) is 16.5 Å². The molecule has 1 atom stereocenters. The van der Waals surface area contributed by atoms with Crippen molar-refractivity contribution in [3.05, 3.63) is 22.0 Å².